The van der Waals surface area contributed by atoms with Crippen LogP contribution in [0.1, 0.15) is 20.3 Å². The van der Waals surface area contributed by atoms with Gasteiger partial charge >= 0.3 is 0 Å². The minimum atomic E-state index is 0.165. The van der Waals surface area contributed by atoms with Gasteiger partial charge in [0.2, 0.25) is 5.95 Å². The lowest BCUT2D eigenvalue weighted by atomic mass is 9.83. The third-order valence-corrected chi connectivity index (χ3v) is 3.10. The van der Waals surface area contributed by atoms with Crippen LogP contribution in [-0.2, 0) is 11.3 Å². The summed E-state index contributed by atoms with van der Waals surface area (Å²) >= 11 is 0. The van der Waals surface area contributed by atoms with Crippen molar-refractivity contribution in [2.45, 2.75) is 45.0 Å². The molecule has 1 aliphatic rings. The van der Waals surface area contributed by atoms with E-state index in [1.807, 2.05) is 13.1 Å². The molecule has 1 aliphatic carbocycles. The highest BCUT2D eigenvalue weighted by atomic mass is 16.5. The van der Waals surface area contributed by atoms with Crippen molar-refractivity contribution in [2.24, 2.45) is 5.73 Å². The molecular weight excluding hydrogens is 204 g/mol. The molecule has 0 aromatic carbocycles. The Morgan fingerprint density at radius 3 is 3.06 bits per heavy atom. The lowest BCUT2D eigenvalue weighted by molar-refractivity contribution is -0.0129. The molecule has 1 aromatic heterocycles. The Morgan fingerprint density at radius 1 is 1.62 bits per heavy atom. The van der Waals surface area contributed by atoms with Crippen LogP contribution in [0.25, 0.3) is 0 Å². The van der Waals surface area contributed by atoms with E-state index in [1.54, 1.807) is 6.20 Å². The number of aryl methyl sites for hydroxylation is 1. The fourth-order valence-electron chi connectivity index (χ4n) is 2.08. The van der Waals surface area contributed by atoms with Crippen molar-refractivity contribution in [3.8, 4) is 0 Å². The molecule has 0 saturated heterocycles. The predicted molar refractivity (Wildman–Crippen MR) is 63.3 cm³/mol. The number of rotatable bonds is 5. The van der Waals surface area contributed by atoms with Crippen LogP contribution in [0.2, 0.25) is 0 Å². The summed E-state index contributed by atoms with van der Waals surface area (Å²) in [5.74, 6) is 0.882. The molecule has 90 valence electrons. The molecule has 0 aliphatic heterocycles. The molecule has 3 N–H and O–H groups in total. The molecule has 0 bridgehead atoms. The van der Waals surface area contributed by atoms with Crippen LogP contribution in [0.5, 0.6) is 0 Å². The Morgan fingerprint density at radius 2 is 2.44 bits per heavy atom. The fourth-order valence-corrected chi connectivity index (χ4v) is 2.08. The monoisotopic (exact) mass is 224 g/mol. The van der Waals surface area contributed by atoms with Gasteiger partial charge in [-0.05, 0) is 20.3 Å². The summed E-state index contributed by atoms with van der Waals surface area (Å²) < 4.78 is 7.67. The molecule has 1 saturated carbocycles. The van der Waals surface area contributed by atoms with E-state index in [0.29, 0.717) is 0 Å². The predicted octanol–water partition coefficient (Wildman–Crippen LogP) is 0.820. The molecule has 3 atom stereocenters. The first kappa shape index (κ1) is 11.4. The number of imidazole rings is 1. The van der Waals surface area contributed by atoms with Crippen LogP contribution in [0, 0.1) is 0 Å². The van der Waals surface area contributed by atoms with Gasteiger partial charge in [-0.3, -0.25) is 0 Å². The van der Waals surface area contributed by atoms with E-state index >= 15 is 0 Å². The normalized spacial score (nSPS) is 28.8. The highest BCUT2D eigenvalue weighted by Gasteiger charge is 2.39. The molecule has 1 fully saturated rings. The summed E-state index contributed by atoms with van der Waals surface area (Å²) in [6, 6.07) is 0.353. The van der Waals surface area contributed by atoms with Gasteiger partial charge in [0.05, 0.1) is 12.1 Å². The molecule has 5 heteroatoms. The average molecular weight is 224 g/mol. The van der Waals surface area contributed by atoms with Gasteiger partial charge in [0, 0.05) is 31.6 Å². The molecule has 0 spiro atoms. The van der Waals surface area contributed by atoms with E-state index < -0.39 is 0 Å². The van der Waals surface area contributed by atoms with Crippen LogP contribution >= 0.6 is 0 Å². The fraction of sp³-hybridized carbons (Fsp3) is 0.727. The lowest BCUT2D eigenvalue weighted by Gasteiger charge is -2.42. The SMILES string of the molecule is CCOC1CC(N)C1Nc1nccn1CC. The minimum absolute atomic E-state index is 0.165. The van der Waals surface area contributed by atoms with E-state index in [9.17, 15) is 0 Å². The van der Waals surface area contributed by atoms with E-state index in [1.165, 1.54) is 0 Å². The lowest BCUT2D eigenvalue weighted by Crippen LogP contribution is -2.60. The number of aromatic nitrogens is 2. The zero-order valence-corrected chi connectivity index (χ0v) is 9.89. The van der Waals surface area contributed by atoms with Crippen LogP contribution in [0.15, 0.2) is 12.4 Å². The second kappa shape index (κ2) is 4.84. The standard InChI is InChI=1S/C11H20N4O/c1-3-15-6-5-13-11(15)14-10-8(12)7-9(10)16-4-2/h5-6,8-10H,3-4,7,12H2,1-2H3,(H,13,14). The van der Waals surface area contributed by atoms with Crippen LogP contribution in [-0.4, -0.2) is 34.3 Å². The summed E-state index contributed by atoms with van der Waals surface area (Å²) in [6.07, 6.45) is 4.91. The van der Waals surface area contributed by atoms with E-state index in [2.05, 4.69) is 21.8 Å². The van der Waals surface area contributed by atoms with Crippen molar-refractivity contribution in [2.75, 3.05) is 11.9 Å². The molecule has 1 aromatic rings. The quantitative estimate of drug-likeness (QED) is 0.777. The van der Waals surface area contributed by atoms with Gasteiger partial charge in [0.25, 0.3) is 0 Å². The van der Waals surface area contributed by atoms with Crippen LogP contribution < -0.4 is 11.1 Å². The highest BCUT2D eigenvalue weighted by molar-refractivity contribution is 5.31. The zero-order valence-electron chi connectivity index (χ0n) is 9.89. The number of ether oxygens (including phenoxy) is 1. The maximum atomic E-state index is 5.97. The number of nitrogens with one attached hydrogen (secondary N) is 1. The third kappa shape index (κ3) is 2.05. The number of hydrogen-bond acceptors (Lipinski definition) is 4. The maximum absolute atomic E-state index is 5.97. The van der Waals surface area contributed by atoms with Crippen molar-refractivity contribution < 1.29 is 4.74 Å². The first-order valence-electron chi connectivity index (χ1n) is 5.91. The molecule has 2 rings (SSSR count). The van der Waals surface area contributed by atoms with Gasteiger partial charge in [-0.1, -0.05) is 0 Å². The van der Waals surface area contributed by atoms with Gasteiger partial charge in [0.15, 0.2) is 0 Å². The summed E-state index contributed by atoms with van der Waals surface area (Å²) in [7, 11) is 0. The highest BCUT2D eigenvalue weighted by Crippen LogP contribution is 2.25. The van der Waals surface area contributed by atoms with Crippen LogP contribution in [0.4, 0.5) is 5.95 Å². The molecule has 1 heterocycles. The topological polar surface area (TPSA) is 65.1 Å². The third-order valence-electron chi connectivity index (χ3n) is 3.10. The van der Waals surface area contributed by atoms with Crippen molar-refractivity contribution in [1.29, 1.82) is 0 Å². The summed E-state index contributed by atoms with van der Waals surface area (Å²) in [5, 5.41) is 3.36. The second-order valence-corrected chi connectivity index (χ2v) is 4.10. The van der Waals surface area contributed by atoms with Crippen molar-refractivity contribution >= 4 is 5.95 Å². The maximum Gasteiger partial charge on any atom is 0.203 e. The molecule has 0 radical (unpaired) electrons. The first-order valence-corrected chi connectivity index (χ1v) is 5.91. The van der Waals surface area contributed by atoms with Gasteiger partial charge in [-0.25, -0.2) is 4.98 Å². The summed E-state index contributed by atoms with van der Waals surface area (Å²) in [4.78, 5) is 4.28. The van der Waals surface area contributed by atoms with Crippen molar-refractivity contribution in [1.82, 2.24) is 9.55 Å². The van der Waals surface area contributed by atoms with E-state index in [-0.39, 0.29) is 18.2 Å². The van der Waals surface area contributed by atoms with Gasteiger partial charge in [0.1, 0.15) is 0 Å². The van der Waals surface area contributed by atoms with Crippen LogP contribution in [0.3, 0.4) is 0 Å². The molecule has 16 heavy (non-hydrogen) atoms. The van der Waals surface area contributed by atoms with E-state index in [0.717, 1.165) is 25.5 Å². The molecular formula is C11H20N4O. The summed E-state index contributed by atoms with van der Waals surface area (Å²) in [6.45, 7) is 5.74. The Balaban J connectivity index is 1.98. The minimum Gasteiger partial charge on any atom is -0.376 e. The number of nitrogens with zero attached hydrogens (tertiary/aromatic N) is 2. The first-order chi connectivity index (χ1) is 7.76. The van der Waals surface area contributed by atoms with Gasteiger partial charge in [-0.15, -0.1) is 0 Å². The largest absolute Gasteiger partial charge is 0.376 e. The number of anilines is 1. The Bertz CT molecular complexity index is 336. The Labute approximate surface area is 96.0 Å². The second-order valence-electron chi connectivity index (χ2n) is 4.10. The smallest absolute Gasteiger partial charge is 0.203 e. The molecule has 3 unspecified atom stereocenters. The Hall–Kier alpha value is -1.07. The zero-order chi connectivity index (χ0) is 11.5. The van der Waals surface area contributed by atoms with Crippen molar-refractivity contribution in [3.63, 3.8) is 0 Å². The number of hydrogen-bond donors (Lipinski definition) is 2. The van der Waals surface area contributed by atoms with Crippen molar-refractivity contribution in [3.05, 3.63) is 12.4 Å². The van der Waals surface area contributed by atoms with Gasteiger partial charge < -0.3 is 20.4 Å². The average Bonchev–Trinajstić information content (AvgIpc) is 2.73. The van der Waals surface area contributed by atoms with E-state index in [4.69, 9.17) is 10.5 Å². The molecule has 5 nitrogen and oxygen atoms in total. The van der Waals surface area contributed by atoms with Gasteiger partial charge in [-0.2, -0.15) is 0 Å². The molecule has 0 amide bonds. The summed E-state index contributed by atoms with van der Waals surface area (Å²) in [5.41, 5.74) is 5.97. The Kier molecular flexibility index (Phi) is 3.46. The number of nitrogens with two attached hydrogens (primary N) is 1.